The second kappa shape index (κ2) is 7.06. The quantitative estimate of drug-likeness (QED) is 0.830. The van der Waals surface area contributed by atoms with Gasteiger partial charge in [-0.1, -0.05) is 11.6 Å². The van der Waals surface area contributed by atoms with E-state index in [1.54, 1.807) is 5.38 Å². The van der Waals surface area contributed by atoms with Crippen LogP contribution in [0.4, 0.5) is 15.2 Å². The summed E-state index contributed by atoms with van der Waals surface area (Å²) in [6.07, 6.45) is 2.40. The van der Waals surface area contributed by atoms with Crippen LogP contribution in [0.15, 0.2) is 28.6 Å². The molecule has 0 spiro atoms. The van der Waals surface area contributed by atoms with Gasteiger partial charge in [0.2, 0.25) is 0 Å². The highest BCUT2D eigenvalue weighted by atomic mass is 35.5. The van der Waals surface area contributed by atoms with Crippen LogP contribution in [0.5, 0.6) is 0 Å². The summed E-state index contributed by atoms with van der Waals surface area (Å²) in [4.78, 5) is 7.44. The zero-order chi connectivity index (χ0) is 18.2. The minimum absolute atomic E-state index is 0.174. The van der Waals surface area contributed by atoms with E-state index in [1.165, 1.54) is 12.3 Å². The number of hydrogen-bond donors (Lipinski definition) is 1. The van der Waals surface area contributed by atoms with Gasteiger partial charge in [-0.25, -0.2) is 17.8 Å². The van der Waals surface area contributed by atoms with E-state index in [0.29, 0.717) is 11.7 Å². The van der Waals surface area contributed by atoms with Crippen molar-refractivity contribution in [2.24, 2.45) is 0 Å². The number of sulfonamides is 1. The fraction of sp³-hybridized carbons (Fsp3) is 0.400. The van der Waals surface area contributed by atoms with Gasteiger partial charge in [-0.2, -0.15) is 0 Å². The van der Waals surface area contributed by atoms with Crippen LogP contribution < -0.4 is 9.62 Å². The number of halogens is 2. The Balaban J connectivity index is 1.88. The molecule has 25 heavy (non-hydrogen) atoms. The van der Waals surface area contributed by atoms with Crippen LogP contribution in [0.2, 0.25) is 5.02 Å². The first-order valence-electron chi connectivity index (χ1n) is 7.60. The summed E-state index contributed by atoms with van der Waals surface area (Å²) in [6.45, 7) is 1.46. The first kappa shape index (κ1) is 18.4. The highest BCUT2D eigenvalue weighted by molar-refractivity contribution is 7.93. The van der Waals surface area contributed by atoms with Crippen molar-refractivity contribution in [3.8, 4) is 0 Å². The van der Waals surface area contributed by atoms with Gasteiger partial charge in [0.15, 0.2) is 5.13 Å². The minimum atomic E-state index is -4.09. The molecule has 1 aliphatic heterocycles. The number of anilines is 2. The summed E-state index contributed by atoms with van der Waals surface area (Å²) >= 11 is 7.38. The fourth-order valence-corrected chi connectivity index (χ4v) is 5.02. The Kier molecular flexibility index (Phi) is 5.19. The lowest BCUT2D eigenvalue weighted by Crippen LogP contribution is -2.31. The molecule has 136 valence electrons. The number of hydrogen-bond acceptors (Lipinski definition) is 6. The summed E-state index contributed by atoms with van der Waals surface area (Å²) in [5, 5.41) is 2.01. The average Bonchev–Trinajstić information content (AvgIpc) is 3.20. The van der Waals surface area contributed by atoms with E-state index in [0.717, 1.165) is 36.9 Å². The molecule has 1 aliphatic rings. The van der Waals surface area contributed by atoms with Crippen molar-refractivity contribution in [3.05, 3.63) is 34.5 Å². The smallest absolute Gasteiger partial charge is 0.266 e. The Morgan fingerprint density at radius 3 is 2.80 bits per heavy atom. The van der Waals surface area contributed by atoms with Gasteiger partial charge in [-0.3, -0.25) is 4.72 Å². The van der Waals surface area contributed by atoms with Crippen LogP contribution in [0.3, 0.4) is 0 Å². The maximum atomic E-state index is 14.5. The van der Waals surface area contributed by atoms with E-state index in [1.807, 2.05) is 19.0 Å². The Labute approximate surface area is 155 Å². The lowest BCUT2D eigenvalue weighted by molar-refractivity contribution is 0.315. The lowest BCUT2D eigenvalue weighted by atomic mass is 10.2. The molecule has 0 aliphatic carbocycles. The molecule has 0 radical (unpaired) electrons. The summed E-state index contributed by atoms with van der Waals surface area (Å²) in [5.41, 5.74) is 0.511. The second-order valence-corrected chi connectivity index (χ2v) is 8.98. The monoisotopic (exact) mass is 404 g/mol. The van der Waals surface area contributed by atoms with Gasteiger partial charge in [0.25, 0.3) is 10.0 Å². The standard InChI is InChI=1S/C15H18ClFN4O2S2/c1-20(2)10-3-5-21(9-10)13-8-12(17)14(7-11(13)16)25(22,23)19-15-18-4-6-24-15/h4,6-8,10H,3,5,9H2,1-2H3,(H,18,19)/t10-/m1/s1. The molecule has 0 bridgehead atoms. The van der Waals surface area contributed by atoms with Gasteiger partial charge < -0.3 is 9.80 Å². The lowest BCUT2D eigenvalue weighted by Gasteiger charge is -2.23. The molecule has 1 aromatic heterocycles. The van der Waals surface area contributed by atoms with Crippen LogP contribution in [0, 0.1) is 5.82 Å². The number of benzene rings is 1. The Morgan fingerprint density at radius 2 is 2.20 bits per heavy atom. The number of nitrogens with zero attached hydrogens (tertiary/aromatic N) is 3. The maximum absolute atomic E-state index is 14.5. The average molecular weight is 405 g/mol. The van der Waals surface area contributed by atoms with Crippen LogP contribution >= 0.6 is 22.9 Å². The molecule has 10 heteroatoms. The minimum Gasteiger partial charge on any atom is -0.369 e. The summed E-state index contributed by atoms with van der Waals surface area (Å²) in [6, 6.07) is 2.70. The molecule has 1 saturated heterocycles. The molecule has 1 atom stereocenters. The van der Waals surface area contributed by atoms with Crippen molar-refractivity contribution in [2.45, 2.75) is 17.4 Å². The summed E-state index contributed by atoms with van der Waals surface area (Å²) < 4.78 is 41.6. The predicted octanol–water partition coefficient (Wildman–Crippen LogP) is 2.88. The second-order valence-electron chi connectivity index (χ2n) is 6.03. The molecule has 6 nitrogen and oxygen atoms in total. The molecular formula is C15H18ClFN4O2S2. The third-order valence-corrected chi connectivity index (χ3v) is 6.65. The summed E-state index contributed by atoms with van der Waals surface area (Å²) in [5.74, 6) is -0.836. The van der Waals surface area contributed by atoms with E-state index in [2.05, 4.69) is 14.6 Å². The van der Waals surface area contributed by atoms with Gasteiger partial charge in [0.1, 0.15) is 10.7 Å². The largest absolute Gasteiger partial charge is 0.369 e. The number of likely N-dealkylation sites (N-methyl/N-ethyl adjacent to an activating group) is 1. The molecule has 1 aromatic carbocycles. The first-order valence-corrected chi connectivity index (χ1v) is 10.3. The third kappa shape index (κ3) is 3.89. The number of thiazole rings is 1. The normalized spacial score (nSPS) is 18.1. The molecular weight excluding hydrogens is 387 g/mol. The van der Waals surface area contributed by atoms with E-state index in [-0.39, 0.29) is 10.2 Å². The van der Waals surface area contributed by atoms with E-state index < -0.39 is 20.7 Å². The van der Waals surface area contributed by atoms with Crippen LogP contribution in [-0.2, 0) is 10.0 Å². The van der Waals surface area contributed by atoms with Crippen molar-refractivity contribution in [2.75, 3.05) is 36.8 Å². The molecule has 2 heterocycles. The number of nitrogens with one attached hydrogen (secondary N) is 1. The van der Waals surface area contributed by atoms with Gasteiger partial charge in [-0.15, -0.1) is 11.3 Å². The Hall–Kier alpha value is -1.42. The Morgan fingerprint density at radius 1 is 1.44 bits per heavy atom. The molecule has 1 fully saturated rings. The van der Waals surface area contributed by atoms with Crippen molar-refractivity contribution in [1.29, 1.82) is 0 Å². The van der Waals surface area contributed by atoms with Crippen molar-refractivity contribution >= 4 is 43.8 Å². The van der Waals surface area contributed by atoms with Crippen LogP contribution in [0.25, 0.3) is 0 Å². The van der Waals surface area contributed by atoms with Crippen LogP contribution in [-0.4, -0.2) is 51.5 Å². The van der Waals surface area contributed by atoms with E-state index in [9.17, 15) is 12.8 Å². The third-order valence-electron chi connectivity index (χ3n) is 4.18. The van der Waals surface area contributed by atoms with Gasteiger partial charge >= 0.3 is 0 Å². The molecule has 0 saturated carbocycles. The zero-order valence-corrected chi connectivity index (χ0v) is 16.1. The SMILES string of the molecule is CN(C)[C@@H]1CCN(c2cc(F)c(S(=O)(=O)Nc3nccs3)cc2Cl)C1. The van der Waals surface area contributed by atoms with Crippen molar-refractivity contribution in [1.82, 2.24) is 9.88 Å². The molecule has 0 unspecified atom stereocenters. The summed E-state index contributed by atoms with van der Waals surface area (Å²) in [7, 11) is -0.0965. The zero-order valence-electron chi connectivity index (χ0n) is 13.7. The fourth-order valence-electron chi connectivity index (χ4n) is 2.79. The first-order chi connectivity index (χ1) is 11.8. The molecule has 1 N–H and O–H groups in total. The van der Waals surface area contributed by atoms with Crippen LogP contribution in [0.1, 0.15) is 6.42 Å². The van der Waals surface area contributed by atoms with E-state index >= 15 is 0 Å². The highest BCUT2D eigenvalue weighted by Crippen LogP contribution is 2.34. The van der Waals surface area contributed by atoms with Gasteiger partial charge in [-0.05, 0) is 26.6 Å². The topological polar surface area (TPSA) is 65.5 Å². The van der Waals surface area contributed by atoms with Gasteiger partial charge in [0, 0.05) is 36.8 Å². The van der Waals surface area contributed by atoms with Gasteiger partial charge in [0.05, 0.1) is 10.7 Å². The van der Waals surface area contributed by atoms with Crippen molar-refractivity contribution < 1.29 is 12.8 Å². The maximum Gasteiger partial charge on any atom is 0.266 e. The van der Waals surface area contributed by atoms with E-state index in [4.69, 9.17) is 11.6 Å². The predicted molar refractivity (Wildman–Crippen MR) is 98.6 cm³/mol. The number of rotatable bonds is 5. The van der Waals surface area contributed by atoms with Crippen molar-refractivity contribution in [3.63, 3.8) is 0 Å². The molecule has 3 rings (SSSR count). The Bertz CT molecular complexity index is 859. The number of aromatic nitrogens is 1. The highest BCUT2D eigenvalue weighted by Gasteiger charge is 2.28. The molecule has 2 aromatic rings. The molecule has 0 amide bonds.